The number of H-pyrrole nitrogens is 2. The molecule has 6 aromatic rings. The number of aromatic amines is 2. The van der Waals surface area contributed by atoms with Crippen LogP contribution in [0.1, 0.15) is 21.6 Å². The number of halogens is 1. The van der Waals surface area contributed by atoms with Crippen LogP contribution in [0.5, 0.6) is 0 Å². The van der Waals surface area contributed by atoms with Crippen molar-refractivity contribution in [2.24, 2.45) is 0 Å². The lowest BCUT2D eigenvalue weighted by molar-refractivity contribution is 0.0687. The fraction of sp³-hybridized carbons (Fsp3) is 0.0741. The van der Waals surface area contributed by atoms with Crippen LogP contribution < -0.4 is 11.1 Å². The first-order chi connectivity index (χ1) is 17.3. The summed E-state index contributed by atoms with van der Waals surface area (Å²) >= 11 is 0. The number of benzene rings is 2. The summed E-state index contributed by atoms with van der Waals surface area (Å²) in [7, 11) is 0. The van der Waals surface area contributed by atoms with Crippen LogP contribution in [0.4, 0.5) is 4.39 Å². The van der Waals surface area contributed by atoms with Crippen molar-refractivity contribution in [3.63, 3.8) is 0 Å². The van der Waals surface area contributed by atoms with E-state index in [0.29, 0.717) is 16.5 Å². The molecule has 9 heteroatoms. The number of hydrogen-bond donors (Lipinski definition) is 3. The molecule has 6 rings (SSSR count). The molecule has 8 nitrogen and oxygen atoms in total. The number of nitrogens with one attached hydrogen (secondary N) is 2. The first kappa shape index (κ1) is 21.6. The highest BCUT2D eigenvalue weighted by molar-refractivity contribution is 6.17. The molecule has 36 heavy (non-hydrogen) atoms. The van der Waals surface area contributed by atoms with Gasteiger partial charge in [-0.25, -0.2) is 9.18 Å². The van der Waals surface area contributed by atoms with E-state index in [1.165, 1.54) is 41.3 Å². The summed E-state index contributed by atoms with van der Waals surface area (Å²) in [5, 5.41) is 11.5. The number of pyridine rings is 2. The third kappa shape index (κ3) is 3.17. The van der Waals surface area contributed by atoms with Crippen molar-refractivity contribution in [3.05, 3.63) is 104 Å². The van der Waals surface area contributed by atoms with Crippen molar-refractivity contribution < 1.29 is 18.7 Å². The third-order valence-electron chi connectivity index (χ3n) is 6.42. The minimum atomic E-state index is -1.31. The second-order valence-electron chi connectivity index (χ2n) is 8.65. The van der Waals surface area contributed by atoms with Gasteiger partial charge in [-0.05, 0) is 48.4 Å². The van der Waals surface area contributed by atoms with Gasteiger partial charge in [-0.3, -0.25) is 9.59 Å². The van der Waals surface area contributed by atoms with E-state index in [0.717, 1.165) is 10.9 Å². The predicted molar refractivity (Wildman–Crippen MR) is 133 cm³/mol. The van der Waals surface area contributed by atoms with Gasteiger partial charge in [0.2, 0.25) is 5.56 Å². The Hall–Kier alpha value is -4.92. The largest absolute Gasteiger partial charge is 0.477 e. The van der Waals surface area contributed by atoms with E-state index in [1.807, 2.05) is 25.1 Å². The summed E-state index contributed by atoms with van der Waals surface area (Å²) in [6.07, 6.45) is 2.76. The van der Waals surface area contributed by atoms with E-state index in [4.69, 9.17) is 4.42 Å². The molecule has 0 aliphatic rings. The molecule has 2 aromatic carbocycles. The van der Waals surface area contributed by atoms with Crippen molar-refractivity contribution in [2.45, 2.75) is 13.5 Å². The van der Waals surface area contributed by atoms with E-state index < -0.39 is 17.3 Å². The lowest BCUT2D eigenvalue weighted by atomic mass is 10.0. The summed E-state index contributed by atoms with van der Waals surface area (Å²) in [5.74, 6) is -1.91. The lowest BCUT2D eigenvalue weighted by Crippen LogP contribution is -2.15. The monoisotopic (exact) mass is 483 g/mol. The second-order valence-corrected chi connectivity index (χ2v) is 8.65. The normalized spacial score (nSPS) is 11.6. The fourth-order valence-corrected chi connectivity index (χ4v) is 4.92. The molecule has 0 saturated heterocycles. The smallest absolute Gasteiger partial charge is 0.353 e. The van der Waals surface area contributed by atoms with Crippen LogP contribution in [0.25, 0.3) is 43.9 Å². The Morgan fingerprint density at radius 2 is 1.94 bits per heavy atom. The summed E-state index contributed by atoms with van der Waals surface area (Å²) in [6, 6.07) is 12.7. The molecule has 0 aliphatic heterocycles. The topological polar surface area (TPSA) is 121 Å². The summed E-state index contributed by atoms with van der Waals surface area (Å²) in [6.45, 7) is 1.84. The average molecular weight is 483 g/mol. The standard InChI is InChI=1S/C27H18FN3O5/c1-13-4-5-15-14(10-21(32)30-19(15)9-13)12-31-20-11-18(28)16-6-8-36-25(16)23(20)22(24(31)27(34)35)17-3-2-7-29-26(17)33/h2-11H,12H2,1H3,(H,29,33)(H,30,32)(H,34,35). The van der Waals surface area contributed by atoms with Crippen molar-refractivity contribution in [3.8, 4) is 11.1 Å². The molecule has 178 valence electrons. The van der Waals surface area contributed by atoms with Crippen LogP contribution in [0.15, 0.2) is 75.0 Å². The number of carboxylic acids is 1. The number of nitrogens with zero attached hydrogens (tertiary/aromatic N) is 1. The molecule has 0 spiro atoms. The van der Waals surface area contributed by atoms with E-state index in [1.54, 1.807) is 6.07 Å². The molecule has 0 atom stereocenters. The molecule has 0 unspecified atom stereocenters. The first-order valence-electron chi connectivity index (χ1n) is 11.1. The van der Waals surface area contributed by atoms with Crippen LogP contribution in [-0.4, -0.2) is 25.6 Å². The van der Waals surface area contributed by atoms with E-state index >= 15 is 4.39 Å². The number of rotatable bonds is 4. The second kappa shape index (κ2) is 7.81. The third-order valence-corrected chi connectivity index (χ3v) is 6.42. The molecule has 0 bridgehead atoms. The lowest BCUT2D eigenvalue weighted by Gasteiger charge is -2.12. The maximum Gasteiger partial charge on any atom is 0.353 e. The van der Waals surface area contributed by atoms with Gasteiger partial charge in [-0.1, -0.05) is 12.1 Å². The number of aromatic carboxylic acids is 1. The Balaban J connectivity index is 1.76. The Morgan fingerprint density at radius 1 is 1.11 bits per heavy atom. The average Bonchev–Trinajstić information content (AvgIpc) is 3.43. The van der Waals surface area contributed by atoms with Crippen molar-refractivity contribution in [1.29, 1.82) is 0 Å². The maximum absolute atomic E-state index is 15.1. The molecular formula is C27H18FN3O5. The molecular weight excluding hydrogens is 465 g/mol. The number of aromatic nitrogens is 3. The molecule has 0 radical (unpaired) electrons. The van der Waals surface area contributed by atoms with Gasteiger partial charge in [-0.15, -0.1) is 0 Å². The van der Waals surface area contributed by atoms with Crippen LogP contribution in [-0.2, 0) is 6.54 Å². The highest BCUT2D eigenvalue weighted by Crippen LogP contribution is 2.40. The van der Waals surface area contributed by atoms with E-state index in [-0.39, 0.29) is 45.4 Å². The maximum atomic E-state index is 15.1. The highest BCUT2D eigenvalue weighted by Gasteiger charge is 2.29. The molecule has 4 aromatic heterocycles. The zero-order chi connectivity index (χ0) is 25.1. The van der Waals surface area contributed by atoms with Crippen LogP contribution in [0.2, 0.25) is 0 Å². The van der Waals surface area contributed by atoms with Crippen LogP contribution in [0.3, 0.4) is 0 Å². The van der Waals surface area contributed by atoms with Gasteiger partial charge in [0.25, 0.3) is 5.56 Å². The van der Waals surface area contributed by atoms with Crippen LogP contribution in [0, 0.1) is 12.7 Å². The van der Waals surface area contributed by atoms with Gasteiger partial charge in [0.05, 0.1) is 28.1 Å². The van der Waals surface area contributed by atoms with Gasteiger partial charge < -0.3 is 24.1 Å². The molecule has 3 N–H and O–H groups in total. The van der Waals surface area contributed by atoms with Gasteiger partial charge in [0.15, 0.2) is 0 Å². The SMILES string of the molecule is Cc1ccc2c(Cn3c(C(=O)O)c(-c4ccc[nH]c4=O)c4c5occc5c(F)cc43)cc(=O)[nH]c2c1. The Kier molecular flexibility index (Phi) is 4.68. The highest BCUT2D eigenvalue weighted by atomic mass is 19.1. The first-order valence-corrected chi connectivity index (χ1v) is 11.1. The van der Waals surface area contributed by atoms with Gasteiger partial charge in [-0.2, -0.15) is 0 Å². The predicted octanol–water partition coefficient (Wildman–Crippen LogP) is 4.78. The number of carbonyl (C=O) groups is 1. The summed E-state index contributed by atoms with van der Waals surface area (Å²) in [4.78, 5) is 43.3. The Labute approximate surface area is 201 Å². The van der Waals surface area contributed by atoms with Gasteiger partial charge >= 0.3 is 5.97 Å². The molecule has 0 aliphatic carbocycles. The van der Waals surface area contributed by atoms with Crippen molar-refractivity contribution in [2.75, 3.05) is 0 Å². The van der Waals surface area contributed by atoms with E-state index in [9.17, 15) is 19.5 Å². The van der Waals surface area contributed by atoms with Gasteiger partial charge in [0.1, 0.15) is 17.1 Å². The summed E-state index contributed by atoms with van der Waals surface area (Å²) < 4.78 is 22.1. The number of fused-ring (bicyclic) bond motifs is 4. The molecule has 4 heterocycles. The molecule has 0 saturated carbocycles. The van der Waals surface area contributed by atoms with Gasteiger partial charge in [0, 0.05) is 35.3 Å². The van der Waals surface area contributed by atoms with Crippen molar-refractivity contribution >= 4 is 38.7 Å². The summed E-state index contributed by atoms with van der Waals surface area (Å²) in [5.41, 5.74) is 1.61. The Bertz CT molecular complexity index is 1980. The quantitative estimate of drug-likeness (QED) is 0.333. The molecule has 0 amide bonds. The molecule has 0 fully saturated rings. The minimum Gasteiger partial charge on any atom is -0.477 e. The van der Waals surface area contributed by atoms with Crippen LogP contribution >= 0.6 is 0 Å². The fourth-order valence-electron chi connectivity index (χ4n) is 4.92. The number of carboxylic acid groups (broad SMARTS) is 1. The number of hydrogen-bond acceptors (Lipinski definition) is 4. The minimum absolute atomic E-state index is 0.0575. The zero-order valence-corrected chi connectivity index (χ0v) is 18.9. The van der Waals surface area contributed by atoms with Crippen molar-refractivity contribution in [1.82, 2.24) is 14.5 Å². The number of aryl methyl sites for hydroxylation is 1. The number of furan rings is 1. The Morgan fingerprint density at radius 3 is 2.72 bits per heavy atom. The van der Waals surface area contributed by atoms with E-state index in [2.05, 4.69) is 9.97 Å². The zero-order valence-electron chi connectivity index (χ0n) is 18.9.